The first-order valence-corrected chi connectivity index (χ1v) is 7.70. The Morgan fingerprint density at radius 2 is 1.59 bits per heavy atom. The number of rotatable bonds is 3. The van der Waals surface area contributed by atoms with Crippen LogP contribution < -0.4 is 5.73 Å². The van der Waals surface area contributed by atoms with Gasteiger partial charge in [-0.15, -0.1) is 0 Å². The lowest BCUT2D eigenvalue weighted by molar-refractivity contribution is 1.19. The number of nitrogen functional groups attached to an aromatic ring is 1. The molecule has 110 valence electrons. The van der Waals surface area contributed by atoms with Crippen molar-refractivity contribution in [3.05, 3.63) is 88.4 Å². The zero-order valence-corrected chi connectivity index (χ0v) is 13.3. The van der Waals surface area contributed by atoms with Crippen molar-refractivity contribution in [2.75, 3.05) is 5.73 Å². The third kappa shape index (κ3) is 3.15. The highest BCUT2D eigenvalue weighted by Gasteiger charge is 2.09. The normalized spacial score (nSPS) is 10.6. The van der Waals surface area contributed by atoms with Crippen LogP contribution in [0.1, 0.15) is 16.7 Å². The molecule has 1 nitrogen and oxygen atoms in total. The van der Waals surface area contributed by atoms with E-state index >= 15 is 0 Å². The fourth-order valence-electron chi connectivity index (χ4n) is 2.64. The lowest BCUT2D eigenvalue weighted by Crippen LogP contribution is -1.95. The monoisotopic (exact) mass is 307 g/mol. The molecule has 2 heteroatoms. The van der Waals surface area contributed by atoms with E-state index in [9.17, 15) is 0 Å². The minimum atomic E-state index is 0.664. The van der Waals surface area contributed by atoms with Gasteiger partial charge in [-0.25, -0.2) is 0 Å². The van der Waals surface area contributed by atoms with Gasteiger partial charge in [0.05, 0.1) is 0 Å². The molecule has 0 aliphatic carbocycles. The molecule has 0 saturated carbocycles. The fraction of sp³-hybridized carbons (Fsp3) is 0.100. The van der Waals surface area contributed by atoms with Crippen LogP contribution in [0, 0.1) is 6.92 Å². The van der Waals surface area contributed by atoms with E-state index in [1.54, 1.807) is 6.07 Å². The summed E-state index contributed by atoms with van der Waals surface area (Å²) in [7, 11) is 0. The Kier molecular flexibility index (Phi) is 4.17. The van der Waals surface area contributed by atoms with Gasteiger partial charge >= 0.3 is 0 Å². The van der Waals surface area contributed by atoms with Crippen molar-refractivity contribution in [2.24, 2.45) is 0 Å². The van der Waals surface area contributed by atoms with Crippen LogP contribution in [0.5, 0.6) is 0 Å². The molecule has 22 heavy (non-hydrogen) atoms. The van der Waals surface area contributed by atoms with Gasteiger partial charge < -0.3 is 5.73 Å². The average molecular weight is 308 g/mol. The van der Waals surface area contributed by atoms with E-state index in [1.165, 1.54) is 16.7 Å². The minimum absolute atomic E-state index is 0.664. The van der Waals surface area contributed by atoms with E-state index in [0.29, 0.717) is 10.7 Å². The second-order valence-corrected chi connectivity index (χ2v) is 5.99. The van der Waals surface area contributed by atoms with Gasteiger partial charge in [-0.1, -0.05) is 71.8 Å². The first-order chi connectivity index (χ1) is 10.6. The predicted octanol–water partition coefficient (Wildman–Crippen LogP) is 5.49. The Balaban J connectivity index is 2.01. The van der Waals surface area contributed by atoms with E-state index in [1.807, 2.05) is 18.2 Å². The third-order valence-electron chi connectivity index (χ3n) is 3.84. The van der Waals surface area contributed by atoms with Gasteiger partial charge in [-0.05, 0) is 42.2 Å². The van der Waals surface area contributed by atoms with Gasteiger partial charge in [0.2, 0.25) is 0 Å². The molecule has 2 N–H and O–H groups in total. The summed E-state index contributed by atoms with van der Waals surface area (Å²) >= 11 is 6.01. The number of hydrogen-bond donors (Lipinski definition) is 1. The second kappa shape index (κ2) is 6.25. The van der Waals surface area contributed by atoms with Gasteiger partial charge in [0.15, 0.2) is 0 Å². The lowest BCUT2D eigenvalue weighted by atomic mass is 9.94. The SMILES string of the molecule is Cc1ccc(Cc2ccccc2-c2ccc(Cl)cc2N)cc1. The Labute approximate surface area is 136 Å². The molecular weight excluding hydrogens is 290 g/mol. The Morgan fingerprint density at radius 1 is 0.864 bits per heavy atom. The van der Waals surface area contributed by atoms with Crippen LogP contribution in [0.3, 0.4) is 0 Å². The van der Waals surface area contributed by atoms with Crippen molar-refractivity contribution in [3.8, 4) is 11.1 Å². The topological polar surface area (TPSA) is 26.0 Å². The maximum Gasteiger partial charge on any atom is 0.0426 e. The first kappa shape index (κ1) is 14.7. The number of nitrogens with two attached hydrogens (primary N) is 1. The van der Waals surface area contributed by atoms with Gasteiger partial charge in [0, 0.05) is 16.3 Å². The van der Waals surface area contributed by atoms with Gasteiger partial charge in [-0.3, -0.25) is 0 Å². The maximum atomic E-state index is 6.15. The van der Waals surface area contributed by atoms with Crippen LogP contribution in [-0.2, 0) is 6.42 Å². The highest BCUT2D eigenvalue weighted by atomic mass is 35.5. The molecule has 0 aromatic heterocycles. The second-order valence-electron chi connectivity index (χ2n) is 5.55. The molecule has 0 aliphatic heterocycles. The number of benzene rings is 3. The van der Waals surface area contributed by atoms with Crippen LogP contribution in [0.25, 0.3) is 11.1 Å². The summed E-state index contributed by atoms with van der Waals surface area (Å²) in [6.07, 6.45) is 0.887. The number of halogens is 1. The molecule has 0 saturated heterocycles. The summed E-state index contributed by atoms with van der Waals surface area (Å²) in [5, 5.41) is 0.664. The largest absolute Gasteiger partial charge is 0.398 e. The molecule has 0 spiro atoms. The van der Waals surface area contributed by atoms with Crippen molar-refractivity contribution in [1.29, 1.82) is 0 Å². The fourth-order valence-corrected chi connectivity index (χ4v) is 2.82. The number of aryl methyl sites for hydroxylation is 1. The van der Waals surface area contributed by atoms with E-state index < -0.39 is 0 Å². The molecule has 0 heterocycles. The van der Waals surface area contributed by atoms with E-state index in [0.717, 1.165) is 17.5 Å². The van der Waals surface area contributed by atoms with Gasteiger partial charge in [0.1, 0.15) is 0 Å². The third-order valence-corrected chi connectivity index (χ3v) is 4.07. The van der Waals surface area contributed by atoms with Crippen molar-refractivity contribution < 1.29 is 0 Å². The van der Waals surface area contributed by atoms with Crippen molar-refractivity contribution in [2.45, 2.75) is 13.3 Å². The molecule has 3 rings (SSSR count). The minimum Gasteiger partial charge on any atom is -0.398 e. The molecule has 0 fully saturated rings. The van der Waals surface area contributed by atoms with E-state index in [-0.39, 0.29) is 0 Å². The average Bonchev–Trinajstić information content (AvgIpc) is 2.51. The molecule has 0 radical (unpaired) electrons. The van der Waals surface area contributed by atoms with Crippen LogP contribution in [-0.4, -0.2) is 0 Å². The summed E-state index contributed by atoms with van der Waals surface area (Å²) in [6, 6.07) is 22.7. The lowest BCUT2D eigenvalue weighted by Gasteiger charge is -2.12. The van der Waals surface area contributed by atoms with Crippen molar-refractivity contribution in [3.63, 3.8) is 0 Å². The van der Waals surface area contributed by atoms with Crippen molar-refractivity contribution >= 4 is 17.3 Å². The van der Waals surface area contributed by atoms with Crippen LogP contribution in [0.2, 0.25) is 5.02 Å². The van der Waals surface area contributed by atoms with E-state index in [4.69, 9.17) is 17.3 Å². The van der Waals surface area contributed by atoms with Crippen molar-refractivity contribution in [1.82, 2.24) is 0 Å². The number of anilines is 1. The highest BCUT2D eigenvalue weighted by molar-refractivity contribution is 6.31. The smallest absolute Gasteiger partial charge is 0.0426 e. The molecule has 0 bridgehead atoms. The molecule has 0 atom stereocenters. The van der Waals surface area contributed by atoms with Gasteiger partial charge in [0.25, 0.3) is 0 Å². The number of hydrogen-bond acceptors (Lipinski definition) is 1. The zero-order chi connectivity index (χ0) is 15.5. The standard InChI is InChI=1S/C20H18ClN/c1-14-6-8-15(9-7-14)12-16-4-2-3-5-18(16)19-11-10-17(21)13-20(19)22/h2-11,13H,12,22H2,1H3. The van der Waals surface area contributed by atoms with Crippen LogP contribution in [0.4, 0.5) is 5.69 Å². The molecule has 3 aromatic carbocycles. The Bertz CT molecular complexity index is 791. The summed E-state index contributed by atoms with van der Waals surface area (Å²) in [6.45, 7) is 2.10. The quantitative estimate of drug-likeness (QED) is 0.636. The first-order valence-electron chi connectivity index (χ1n) is 7.32. The molecule has 0 aliphatic rings. The summed E-state index contributed by atoms with van der Waals surface area (Å²) < 4.78 is 0. The predicted molar refractivity (Wildman–Crippen MR) is 95.3 cm³/mol. The molecular formula is C20H18ClN. The zero-order valence-electron chi connectivity index (χ0n) is 12.5. The summed E-state index contributed by atoms with van der Waals surface area (Å²) in [5.41, 5.74) is 12.9. The van der Waals surface area contributed by atoms with Crippen LogP contribution in [0.15, 0.2) is 66.7 Å². The summed E-state index contributed by atoms with van der Waals surface area (Å²) in [5.74, 6) is 0. The molecule has 0 amide bonds. The van der Waals surface area contributed by atoms with Gasteiger partial charge in [-0.2, -0.15) is 0 Å². The molecule has 0 unspecified atom stereocenters. The summed E-state index contributed by atoms with van der Waals surface area (Å²) in [4.78, 5) is 0. The van der Waals surface area contributed by atoms with Crippen LogP contribution >= 0.6 is 11.6 Å². The van der Waals surface area contributed by atoms with E-state index in [2.05, 4.69) is 49.4 Å². The Hall–Kier alpha value is -2.25. The molecule has 3 aromatic rings. The Morgan fingerprint density at radius 3 is 2.32 bits per heavy atom. The maximum absolute atomic E-state index is 6.15. The highest BCUT2D eigenvalue weighted by Crippen LogP contribution is 2.32.